The van der Waals surface area contributed by atoms with Gasteiger partial charge in [-0.1, -0.05) is 32.4 Å². The lowest BCUT2D eigenvalue weighted by atomic mass is 10.0. The predicted octanol–water partition coefficient (Wildman–Crippen LogP) is 2.65. The summed E-state index contributed by atoms with van der Waals surface area (Å²) in [5, 5.41) is 3.40. The largest absolute Gasteiger partial charge is 0.310 e. The Balaban J connectivity index is 2.05. The summed E-state index contributed by atoms with van der Waals surface area (Å²) in [4.78, 5) is 0.354. The van der Waals surface area contributed by atoms with E-state index in [4.69, 9.17) is 0 Å². The Morgan fingerprint density at radius 3 is 2.62 bits per heavy atom. The Kier molecular flexibility index (Phi) is 5.41. The molecule has 1 aromatic carbocycles. The van der Waals surface area contributed by atoms with E-state index >= 15 is 0 Å². The molecule has 21 heavy (non-hydrogen) atoms. The molecule has 2 unspecified atom stereocenters. The molecule has 0 heterocycles. The molecule has 5 heteroatoms. The Morgan fingerprint density at radius 1 is 1.29 bits per heavy atom. The molecular formula is C16H26N2O2S. The third-order valence-electron chi connectivity index (χ3n) is 4.22. The number of nitrogens with one attached hydrogen (secondary N) is 2. The molecule has 0 saturated heterocycles. The number of sulfonamides is 1. The lowest BCUT2D eigenvalue weighted by Crippen LogP contribution is -2.36. The van der Waals surface area contributed by atoms with Crippen LogP contribution in [0.25, 0.3) is 0 Å². The third kappa shape index (κ3) is 4.80. The van der Waals surface area contributed by atoms with E-state index in [0.717, 1.165) is 18.5 Å². The van der Waals surface area contributed by atoms with Crippen LogP contribution in [-0.4, -0.2) is 20.5 Å². The second-order valence-corrected chi connectivity index (χ2v) is 7.81. The standard InChI is InChI=1S/C16H26N2O2S/c1-4-12(2)13(3)18-21(19,20)16-7-5-6-14(10-16)11-17-15-8-9-15/h5-7,10,12-13,15,17-18H,4,8-9,11H2,1-3H3. The maximum atomic E-state index is 12.4. The molecule has 2 N–H and O–H groups in total. The second-order valence-electron chi connectivity index (χ2n) is 6.10. The van der Waals surface area contributed by atoms with Crippen LogP contribution >= 0.6 is 0 Å². The van der Waals surface area contributed by atoms with E-state index in [0.29, 0.717) is 16.9 Å². The zero-order valence-electron chi connectivity index (χ0n) is 13.1. The van der Waals surface area contributed by atoms with Gasteiger partial charge in [0.15, 0.2) is 0 Å². The van der Waals surface area contributed by atoms with Gasteiger partial charge in [0, 0.05) is 18.6 Å². The first-order chi connectivity index (χ1) is 9.92. The van der Waals surface area contributed by atoms with Gasteiger partial charge < -0.3 is 5.32 Å². The van der Waals surface area contributed by atoms with Crippen molar-refractivity contribution in [1.29, 1.82) is 0 Å². The van der Waals surface area contributed by atoms with E-state index in [9.17, 15) is 8.42 Å². The molecule has 1 aliphatic carbocycles. The Hall–Kier alpha value is -0.910. The molecule has 0 radical (unpaired) electrons. The summed E-state index contributed by atoms with van der Waals surface area (Å²) in [5.41, 5.74) is 1.01. The van der Waals surface area contributed by atoms with E-state index in [-0.39, 0.29) is 6.04 Å². The summed E-state index contributed by atoms with van der Waals surface area (Å²) in [6.45, 7) is 6.78. The first kappa shape index (κ1) is 16.5. The molecule has 0 bridgehead atoms. The summed E-state index contributed by atoms with van der Waals surface area (Å²) in [7, 11) is -3.44. The number of benzene rings is 1. The fourth-order valence-electron chi connectivity index (χ4n) is 2.15. The van der Waals surface area contributed by atoms with Gasteiger partial charge in [-0.05, 0) is 43.4 Å². The fourth-order valence-corrected chi connectivity index (χ4v) is 3.58. The minimum Gasteiger partial charge on any atom is -0.310 e. The molecular weight excluding hydrogens is 284 g/mol. The number of hydrogen-bond donors (Lipinski definition) is 2. The molecule has 1 saturated carbocycles. The van der Waals surface area contributed by atoms with Crippen molar-refractivity contribution in [2.45, 2.75) is 63.6 Å². The zero-order valence-corrected chi connectivity index (χ0v) is 13.9. The van der Waals surface area contributed by atoms with Crippen LogP contribution in [-0.2, 0) is 16.6 Å². The van der Waals surface area contributed by atoms with Gasteiger partial charge in [-0.2, -0.15) is 0 Å². The van der Waals surface area contributed by atoms with Gasteiger partial charge >= 0.3 is 0 Å². The van der Waals surface area contributed by atoms with Crippen molar-refractivity contribution in [1.82, 2.24) is 10.0 Å². The van der Waals surface area contributed by atoms with Gasteiger partial charge in [0.2, 0.25) is 10.0 Å². The van der Waals surface area contributed by atoms with Crippen molar-refractivity contribution in [3.8, 4) is 0 Å². The van der Waals surface area contributed by atoms with E-state index in [1.165, 1.54) is 12.8 Å². The summed E-state index contributed by atoms with van der Waals surface area (Å²) < 4.78 is 27.6. The van der Waals surface area contributed by atoms with Crippen molar-refractivity contribution < 1.29 is 8.42 Å². The first-order valence-electron chi connectivity index (χ1n) is 7.77. The van der Waals surface area contributed by atoms with Crippen LogP contribution in [0.4, 0.5) is 0 Å². The Morgan fingerprint density at radius 2 is 2.00 bits per heavy atom. The van der Waals surface area contributed by atoms with Crippen molar-refractivity contribution in [3.05, 3.63) is 29.8 Å². The van der Waals surface area contributed by atoms with Crippen LogP contribution in [0.1, 0.15) is 45.6 Å². The minimum absolute atomic E-state index is 0.0618. The highest BCUT2D eigenvalue weighted by Crippen LogP contribution is 2.20. The lowest BCUT2D eigenvalue weighted by Gasteiger charge is -2.20. The zero-order chi connectivity index (χ0) is 15.5. The van der Waals surface area contributed by atoms with E-state index < -0.39 is 10.0 Å². The molecule has 1 fully saturated rings. The highest BCUT2D eigenvalue weighted by Gasteiger charge is 2.22. The summed E-state index contributed by atoms with van der Waals surface area (Å²) in [6.07, 6.45) is 3.41. The van der Waals surface area contributed by atoms with Crippen LogP contribution in [0.3, 0.4) is 0 Å². The molecule has 0 amide bonds. The van der Waals surface area contributed by atoms with Crippen LogP contribution in [0.5, 0.6) is 0 Å². The van der Waals surface area contributed by atoms with Crippen molar-refractivity contribution in [3.63, 3.8) is 0 Å². The van der Waals surface area contributed by atoms with E-state index in [1.54, 1.807) is 12.1 Å². The van der Waals surface area contributed by atoms with Crippen LogP contribution in [0.15, 0.2) is 29.2 Å². The lowest BCUT2D eigenvalue weighted by molar-refractivity contribution is 0.434. The summed E-state index contributed by atoms with van der Waals surface area (Å²) in [6, 6.07) is 7.76. The molecule has 2 rings (SSSR count). The molecule has 1 aliphatic rings. The van der Waals surface area contributed by atoms with Gasteiger partial charge in [-0.3, -0.25) is 0 Å². The van der Waals surface area contributed by atoms with Crippen molar-refractivity contribution in [2.75, 3.05) is 0 Å². The quantitative estimate of drug-likeness (QED) is 0.776. The second kappa shape index (κ2) is 6.90. The van der Waals surface area contributed by atoms with Gasteiger partial charge in [-0.25, -0.2) is 13.1 Å². The van der Waals surface area contributed by atoms with Crippen molar-refractivity contribution >= 4 is 10.0 Å². The van der Waals surface area contributed by atoms with Gasteiger partial charge in [0.25, 0.3) is 0 Å². The molecule has 118 valence electrons. The van der Waals surface area contributed by atoms with Gasteiger partial charge in [0.05, 0.1) is 4.90 Å². The van der Waals surface area contributed by atoms with Crippen LogP contribution in [0, 0.1) is 5.92 Å². The molecule has 0 spiro atoms. The number of hydrogen-bond acceptors (Lipinski definition) is 3. The molecule has 0 aliphatic heterocycles. The molecule has 0 aromatic heterocycles. The van der Waals surface area contributed by atoms with Gasteiger partial charge in [-0.15, -0.1) is 0 Å². The van der Waals surface area contributed by atoms with Gasteiger partial charge in [0.1, 0.15) is 0 Å². The minimum atomic E-state index is -3.44. The monoisotopic (exact) mass is 310 g/mol. The average Bonchev–Trinajstić information content (AvgIpc) is 3.28. The molecule has 2 atom stereocenters. The van der Waals surface area contributed by atoms with E-state index in [2.05, 4.69) is 23.9 Å². The fraction of sp³-hybridized carbons (Fsp3) is 0.625. The Labute approximate surface area is 128 Å². The Bertz CT molecular complexity index is 567. The first-order valence-corrected chi connectivity index (χ1v) is 9.25. The normalized spacial score (nSPS) is 18.4. The molecule has 4 nitrogen and oxygen atoms in total. The third-order valence-corrected chi connectivity index (χ3v) is 5.78. The summed E-state index contributed by atoms with van der Waals surface area (Å²) in [5.74, 6) is 0.319. The van der Waals surface area contributed by atoms with Crippen LogP contribution in [0.2, 0.25) is 0 Å². The smallest absolute Gasteiger partial charge is 0.240 e. The van der Waals surface area contributed by atoms with Crippen LogP contribution < -0.4 is 10.0 Å². The predicted molar refractivity (Wildman–Crippen MR) is 85.5 cm³/mol. The maximum Gasteiger partial charge on any atom is 0.240 e. The highest BCUT2D eigenvalue weighted by molar-refractivity contribution is 7.89. The SMILES string of the molecule is CCC(C)C(C)NS(=O)(=O)c1cccc(CNC2CC2)c1. The average molecular weight is 310 g/mol. The van der Waals surface area contributed by atoms with Crippen molar-refractivity contribution in [2.24, 2.45) is 5.92 Å². The maximum absolute atomic E-state index is 12.4. The number of rotatable bonds is 8. The molecule has 1 aromatic rings. The topological polar surface area (TPSA) is 58.2 Å². The summed E-state index contributed by atoms with van der Waals surface area (Å²) >= 11 is 0. The highest BCUT2D eigenvalue weighted by atomic mass is 32.2. The van der Waals surface area contributed by atoms with E-state index in [1.807, 2.05) is 19.1 Å².